The van der Waals surface area contributed by atoms with E-state index in [2.05, 4.69) is 0 Å². The highest BCUT2D eigenvalue weighted by atomic mass is 19.1. The summed E-state index contributed by atoms with van der Waals surface area (Å²) in [7, 11) is 0. The third kappa shape index (κ3) is 3.18. The molecular weight excluding hydrogens is 331 g/mol. The molecule has 0 saturated carbocycles. The average Bonchev–Trinajstić information content (AvgIpc) is 2.84. The fourth-order valence-electron chi connectivity index (χ4n) is 2.61. The van der Waals surface area contributed by atoms with E-state index in [1.165, 1.54) is 42.5 Å². The molecule has 128 valence electrons. The Labute approximate surface area is 141 Å². The molecular formula is C17H13FN2O5. The molecule has 1 aliphatic rings. The second kappa shape index (κ2) is 6.68. The van der Waals surface area contributed by atoms with Crippen LogP contribution in [0.4, 0.5) is 10.1 Å². The Hall–Kier alpha value is -3.29. The molecule has 0 saturated heterocycles. The molecule has 0 aromatic heterocycles. The second-order valence-corrected chi connectivity index (χ2v) is 5.37. The smallest absolute Gasteiger partial charge is 0.282 e. The highest BCUT2D eigenvalue weighted by Crippen LogP contribution is 2.30. The fraction of sp³-hybridized carbons (Fsp3) is 0.176. The number of fused-ring (bicyclic) bond motifs is 1. The van der Waals surface area contributed by atoms with Crippen molar-refractivity contribution in [2.75, 3.05) is 13.2 Å². The summed E-state index contributed by atoms with van der Waals surface area (Å²) in [4.78, 5) is 36.0. The van der Waals surface area contributed by atoms with Gasteiger partial charge in [0, 0.05) is 12.6 Å². The molecule has 25 heavy (non-hydrogen) atoms. The van der Waals surface area contributed by atoms with Gasteiger partial charge in [-0.2, -0.15) is 0 Å². The van der Waals surface area contributed by atoms with E-state index < -0.39 is 16.7 Å². The lowest BCUT2D eigenvalue weighted by Crippen LogP contribution is -2.31. The van der Waals surface area contributed by atoms with Gasteiger partial charge in [-0.1, -0.05) is 6.07 Å². The summed E-state index contributed by atoms with van der Waals surface area (Å²) in [5, 5.41) is 11.0. The summed E-state index contributed by atoms with van der Waals surface area (Å²) in [5.74, 6) is -1.13. The van der Waals surface area contributed by atoms with Gasteiger partial charge in [0.05, 0.1) is 17.1 Å². The first-order valence-electron chi connectivity index (χ1n) is 7.51. The standard InChI is InChI=1S/C17H13FN2O5/c18-11-5-7-12(8-6-11)25-10-2-9-19-16(21)13-3-1-4-14(20(23)24)15(13)17(19)22/h1,3-8H,2,9-10H2. The molecule has 0 spiro atoms. The Morgan fingerprint density at radius 3 is 2.48 bits per heavy atom. The van der Waals surface area contributed by atoms with E-state index in [1.54, 1.807) is 0 Å². The van der Waals surface area contributed by atoms with Gasteiger partial charge in [0.25, 0.3) is 17.5 Å². The summed E-state index contributed by atoms with van der Waals surface area (Å²) in [5.41, 5.74) is -0.503. The van der Waals surface area contributed by atoms with Crippen LogP contribution >= 0.6 is 0 Å². The number of ether oxygens (including phenoxy) is 1. The molecule has 7 nitrogen and oxygen atoms in total. The van der Waals surface area contributed by atoms with E-state index in [9.17, 15) is 24.1 Å². The number of rotatable bonds is 6. The molecule has 0 bridgehead atoms. The Morgan fingerprint density at radius 2 is 1.80 bits per heavy atom. The minimum atomic E-state index is -0.675. The number of carbonyl (C=O) groups is 2. The Balaban J connectivity index is 1.63. The minimum absolute atomic E-state index is 0.0404. The second-order valence-electron chi connectivity index (χ2n) is 5.37. The maximum atomic E-state index is 12.8. The van der Waals surface area contributed by atoms with E-state index in [-0.39, 0.29) is 35.8 Å². The van der Waals surface area contributed by atoms with E-state index >= 15 is 0 Å². The zero-order valence-corrected chi connectivity index (χ0v) is 13.0. The average molecular weight is 344 g/mol. The van der Waals surface area contributed by atoms with Gasteiger partial charge in [0.15, 0.2) is 0 Å². The lowest BCUT2D eigenvalue weighted by molar-refractivity contribution is -0.385. The van der Waals surface area contributed by atoms with Crippen molar-refractivity contribution in [2.45, 2.75) is 6.42 Å². The third-order valence-corrected chi connectivity index (χ3v) is 3.78. The number of carbonyl (C=O) groups excluding carboxylic acids is 2. The number of benzene rings is 2. The lowest BCUT2D eigenvalue weighted by atomic mass is 10.1. The van der Waals surface area contributed by atoms with Gasteiger partial charge in [-0.25, -0.2) is 4.39 Å². The number of imide groups is 1. The van der Waals surface area contributed by atoms with Crippen LogP contribution < -0.4 is 4.74 Å². The first-order valence-corrected chi connectivity index (χ1v) is 7.51. The number of amides is 2. The number of nitrogens with zero attached hydrogens (tertiary/aromatic N) is 2. The van der Waals surface area contributed by atoms with E-state index in [1.807, 2.05) is 0 Å². The summed E-state index contributed by atoms with van der Waals surface area (Å²) in [6, 6.07) is 9.45. The predicted octanol–water partition coefficient (Wildman–Crippen LogP) is 2.80. The van der Waals surface area contributed by atoms with Crippen molar-refractivity contribution in [3.05, 3.63) is 69.5 Å². The van der Waals surface area contributed by atoms with Gasteiger partial charge < -0.3 is 4.74 Å². The van der Waals surface area contributed by atoms with Crippen molar-refractivity contribution < 1.29 is 23.6 Å². The van der Waals surface area contributed by atoms with Crippen molar-refractivity contribution in [3.63, 3.8) is 0 Å². The number of hydrogen-bond acceptors (Lipinski definition) is 5. The van der Waals surface area contributed by atoms with Crippen LogP contribution in [-0.2, 0) is 0 Å². The fourth-order valence-corrected chi connectivity index (χ4v) is 2.61. The van der Waals surface area contributed by atoms with Crippen molar-refractivity contribution in [1.29, 1.82) is 0 Å². The molecule has 0 unspecified atom stereocenters. The van der Waals surface area contributed by atoms with E-state index in [0.29, 0.717) is 12.2 Å². The zero-order chi connectivity index (χ0) is 18.0. The molecule has 3 rings (SSSR count). The molecule has 2 amide bonds. The molecule has 8 heteroatoms. The summed E-state index contributed by atoms with van der Waals surface area (Å²) >= 11 is 0. The maximum Gasteiger partial charge on any atom is 0.282 e. The molecule has 0 atom stereocenters. The van der Waals surface area contributed by atoms with Crippen LogP contribution in [0.2, 0.25) is 0 Å². The predicted molar refractivity (Wildman–Crippen MR) is 85.0 cm³/mol. The molecule has 1 aliphatic heterocycles. The van der Waals surface area contributed by atoms with Crippen molar-refractivity contribution in [2.24, 2.45) is 0 Å². The summed E-state index contributed by atoms with van der Waals surface area (Å²) < 4.78 is 18.2. The van der Waals surface area contributed by atoms with Crippen LogP contribution in [0.15, 0.2) is 42.5 Å². The van der Waals surface area contributed by atoms with Crippen LogP contribution in [0, 0.1) is 15.9 Å². The largest absolute Gasteiger partial charge is 0.494 e. The molecule has 0 fully saturated rings. The van der Waals surface area contributed by atoms with Crippen LogP contribution in [0.3, 0.4) is 0 Å². The van der Waals surface area contributed by atoms with Crippen LogP contribution in [-0.4, -0.2) is 34.8 Å². The summed E-state index contributed by atoms with van der Waals surface area (Å²) in [6.07, 6.45) is 0.344. The summed E-state index contributed by atoms with van der Waals surface area (Å²) in [6.45, 7) is 0.284. The van der Waals surface area contributed by atoms with Crippen LogP contribution in [0.25, 0.3) is 0 Å². The Bertz CT molecular complexity index is 851. The van der Waals surface area contributed by atoms with Crippen molar-refractivity contribution >= 4 is 17.5 Å². The SMILES string of the molecule is O=C1c2cccc([N+](=O)[O-])c2C(=O)N1CCCOc1ccc(F)cc1. The lowest BCUT2D eigenvalue weighted by Gasteiger charge is -2.13. The number of nitro groups is 1. The number of hydrogen-bond donors (Lipinski definition) is 0. The van der Waals surface area contributed by atoms with Gasteiger partial charge in [-0.15, -0.1) is 0 Å². The number of nitro benzene ring substituents is 1. The van der Waals surface area contributed by atoms with Gasteiger partial charge in [0.1, 0.15) is 17.1 Å². The Morgan fingerprint density at radius 1 is 1.08 bits per heavy atom. The third-order valence-electron chi connectivity index (χ3n) is 3.78. The molecule has 2 aromatic carbocycles. The van der Waals surface area contributed by atoms with Gasteiger partial charge in [0.2, 0.25) is 0 Å². The van der Waals surface area contributed by atoms with Gasteiger partial charge >= 0.3 is 0 Å². The van der Waals surface area contributed by atoms with E-state index in [0.717, 1.165) is 4.90 Å². The number of halogens is 1. The first-order chi connectivity index (χ1) is 12.0. The topological polar surface area (TPSA) is 89.8 Å². The first kappa shape index (κ1) is 16.6. The van der Waals surface area contributed by atoms with Crippen molar-refractivity contribution in [3.8, 4) is 5.75 Å². The molecule has 0 radical (unpaired) electrons. The van der Waals surface area contributed by atoms with Crippen LogP contribution in [0.1, 0.15) is 27.1 Å². The molecule has 2 aromatic rings. The molecule has 0 aliphatic carbocycles. The minimum Gasteiger partial charge on any atom is -0.494 e. The Kier molecular flexibility index (Phi) is 4.42. The van der Waals surface area contributed by atoms with Crippen molar-refractivity contribution in [1.82, 2.24) is 4.90 Å². The zero-order valence-electron chi connectivity index (χ0n) is 13.0. The highest BCUT2D eigenvalue weighted by molar-refractivity contribution is 6.23. The van der Waals surface area contributed by atoms with Crippen LogP contribution in [0.5, 0.6) is 5.75 Å². The van der Waals surface area contributed by atoms with Gasteiger partial charge in [-0.3, -0.25) is 24.6 Å². The molecule has 0 N–H and O–H groups in total. The highest BCUT2D eigenvalue weighted by Gasteiger charge is 2.40. The molecule has 1 heterocycles. The normalized spacial score (nSPS) is 13.1. The van der Waals surface area contributed by atoms with Gasteiger partial charge in [-0.05, 0) is 36.8 Å². The quantitative estimate of drug-likeness (QED) is 0.348. The maximum absolute atomic E-state index is 12.8. The van der Waals surface area contributed by atoms with E-state index in [4.69, 9.17) is 4.74 Å². The monoisotopic (exact) mass is 344 g/mol.